The van der Waals surface area contributed by atoms with E-state index in [2.05, 4.69) is 121 Å². The van der Waals surface area contributed by atoms with Crippen LogP contribution in [0.5, 0.6) is 0 Å². The molecule has 0 bridgehead atoms. The summed E-state index contributed by atoms with van der Waals surface area (Å²) in [4.78, 5) is 0. The third-order valence-electron chi connectivity index (χ3n) is 6.97. The summed E-state index contributed by atoms with van der Waals surface area (Å²) in [5, 5.41) is 5.72. The second-order valence-corrected chi connectivity index (χ2v) is 15.0. The van der Waals surface area contributed by atoms with Gasteiger partial charge in [0.2, 0.25) is 0 Å². The van der Waals surface area contributed by atoms with Gasteiger partial charge >= 0.3 is 215 Å². The minimum absolute atomic E-state index is 0.0815. The molecule has 0 N–H and O–H groups in total. The Labute approximate surface area is 214 Å². The average molecular weight is 562 g/mol. The van der Waals surface area contributed by atoms with Crippen molar-refractivity contribution in [1.82, 2.24) is 0 Å². The van der Waals surface area contributed by atoms with Crippen molar-refractivity contribution in [2.75, 3.05) is 0 Å². The van der Waals surface area contributed by atoms with Crippen molar-refractivity contribution in [3.8, 4) is 11.3 Å². The van der Waals surface area contributed by atoms with E-state index in [4.69, 9.17) is 0 Å². The van der Waals surface area contributed by atoms with Crippen molar-refractivity contribution < 1.29 is 4.57 Å². The van der Waals surface area contributed by atoms with Crippen molar-refractivity contribution in [2.24, 2.45) is 12.5 Å². The van der Waals surface area contributed by atoms with Crippen molar-refractivity contribution >= 4 is 48.8 Å². The normalized spacial score (nSPS) is 12.8. The Morgan fingerprint density at radius 1 is 0.765 bits per heavy atom. The van der Waals surface area contributed by atoms with Crippen molar-refractivity contribution in [2.45, 2.75) is 60.3 Å². The second-order valence-electron chi connectivity index (χ2n) is 12.0. The van der Waals surface area contributed by atoms with Gasteiger partial charge in [-0.15, -0.1) is 0 Å². The van der Waals surface area contributed by atoms with Crippen LogP contribution in [0, 0.1) is 12.3 Å². The molecule has 0 spiro atoms. The molecular formula is C32H36NTe+. The minimum atomic E-state index is -0.485. The van der Waals surface area contributed by atoms with Crippen LogP contribution in [0.15, 0.2) is 60.8 Å². The van der Waals surface area contributed by atoms with Gasteiger partial charge in [0.25, 0.3) is 0 Å². The number of pyridine rings is 1. The number of fused-ring (bicyclic) bond motifs is 4. The Balaban J connectivity index is 1.88. The van der Waals surface area contributed by atoms with Crippen LogP contribution < -0.4 is 4.57 Å². The topological polar surface area (TPSA) is 3.88 Å². The average Bonchev–Trinajstić information content (AvgIpc) is 3.12. The molecule has 3 aromatic carbocycles. The molecule has 5 aromatic rings. The molecule has 5 rings (SSSR count). The van der Waals surface area contributed by atoms with Gasteiger partial charge in [-0.05, 0) is 0 Å². The SMILES string of the molecule is Cc1c(-c2c3[te]c4c(CC(C)(C)C)cccc4c3cc[n+]2C)cc(C(C)(C)C)c2ccccc12. The standard InChI is InChI=1S/C32H36NTe/c1-20-22-13-9-10-14-23(22)27(32(5,6)7)18-26(20)28-30-25(16-17-33(28)8)24-15-11-12-21(29(24)34-30)19-31(2,3)4/h9-18H,19H2,1-8H3/q+1. The fraction of sp³-hybridized carbons (Fsp3) is 0.344. The van der Waals surface area contributed by atoms with Crippen LogP contribution in [0.2, 0.25) is 0 Å². The fourth-order valence-corrected chi connectivity index (χ4v) is 9.37. The zero-order valence-electron chi connectivity index (χ0n) is 21.8. The Morgan fingerprint density at radius 3 is 2.09 bits per heavy atom. The molecule has 2 aromatic heterocycles. The van der Waals surface area contributed by atoms with Crippen LogP contribution in [0.1, 0.15) is 58.2 Å². The van der Waals surface area contributed by atoms with Crippen LogP contribution in [0.25, 0.3) is 39.6 Å². The molecule has 0 unspecified atom stereocenters. The quantitative estimate of drug-likeness (QED) is 0.152. The molecule has 0 amide bonds. The zero-order chi connectivity index (χ0) is 24.4. The molecule has 1 nitrogen and oxygen atoms in total. The number of hydrogen-bond acceptors (Lipinski definition) is 0. The van der Waals surface area contributed by atoms with Gasteiger partial charge in [-0.1, -0.05) is 0 Å². The van der Waals surface area contributed by atoms with E-state index < -0.39 is 20.4 Å². The molecular weight excluding hydrogens is 526 g/mol. The number of aryl methyl sites for hydroxylation is 2. The molecule has 0 saturated carbocycles. The molecule has 0 atom stereocenters. The van der Waals surface area contributed by atoms with Crippen molar-refractivity contribution in [1.29, 1.82) is 0 Å². The third kappa shape index (κ3) is 4.00. The van der Waals surface area contributed by atoms with E-state index in [9.17, 15) is 0 Å². The summed E-state index contributed by atoms with van der Waals surface area (Å²) in [6.45, 7) is 16.4. The summed E-state index contributed by atoms with van der Waals surface area (Å²) in [7, 11) is 2.23. The molecule has 0 aliphatic heterocycles. The molecule has 0 aliphatic carbocycles. The fourth-order valence-electron chi connectivity index (χ4n) is 5.37. The number of rotatable bonds is 2. The van der Waals surface area contributed by atoms with Gasteiger partial charge in [0.05, 0.1) is 0 Å². The van der Waals surface area contributed by atoms with E-state index >= 15 is 0 Å². The van der Waals surface area contributed by atoms with E-state index in [-0.39, 0.29) is 5.41 Å². The van der Waals surface area contributed by atoms with Gasteiger partial charge in [-0.2, -0.15) is 0 Å². The first kappa shape index (κ1) is 23.6. The first-order chi connectivity index (χ1) is 16.0. The van der Waals surface area contributed by atoms with Crippen LogP contribution in [-0.4, -0.2) is 20.4 Å². The van der Waals surface area contributed by atoms with E-state index in [1.54, 1.807) is 12.4 Å². The van der Waals surface area contributed by atoms with Crippen LogP contribution in [0.3, 0.4) is 0 Å². The summed E-state index contributed by atoms with van der Waals surface area (Å²) < 4.78 is 5.63. The summed E-state index contributed by atoms with van der Waals surface area (Å²) in [6, 6.07) is 20.8. The van der Waals surface area contributed by atoms with Gasteiger partial charge in [0.1, 0.15) is 0 Å². The van der Waals surface area contributed by atoms with Crippen LogP contribution in [0.4, 0.5) is 0 Å². The molecule has 34 heavy (non-hydrogen) atoms. The molecule has 174 valence electrons. The van der Waals surface area contributed by atoms with Crippen molar-refractivity contribution in [3.63, 3.8) is 0 Å². The molecule has 2 heterocycles. The second kappa shape index (κ2) is 8.22. The van der Waals surface area contributed by atoms with E-state index in [0.29, 0.717) is 5.41 Å². The number of aromatic nitrogens is 1. The van der Waals surface area contributed by atoms with Gasteiger partial charge in [0, 0.05) is 0 Å². The Kier molecular flexibility index (Phi) is 5.70. The Hall–Kier alpha value is -2.14. The third-order valence-corrected chi connectivity index (χ3v) is 10.7. The number of benzene rings is 3. The van der Waals surface area contributed by atoms with Gasteiger partial charge in [-0.25, -0.2) is 0 Å². The molecule has 0 saturated heterocycles. The summed E-state index contributed by atoms with van der Waals surface area (Å²) in [6.07, 6.45) is 3.41. The van der Waals surface area contributed by atoms with Crippen LogP contribution in [-0.2, 0) is 18.9 Å². The molecule has 0 fully saturated rings. The van der Waals surface area contributed by atoms with Crippen molar-refractivity contribution in [3.05, 3.63) is 77.5 Å². The monoisotopic (exact) mass is 564 g/mol. The summed E-state index contributed by atoms with van der Waals surface area (Å²) in [5.41, 5.74) is 7.59. The zero-order valence-corrected chi connectivity index (χ0v) is 24.2. The summed E-state index contributed by atoms with van der Waals surface area (Å²) in [5.74, 6) is 0. The number of nitrogens with zero attached hydrogens (tertiary/aromatic N) is 1. The molecule has 0 aliphatic rings. The summed E-state index contributed by atoms with van der Waals surface area (Å²) >= 11 is -0.485. The first-order valence-electron chi connectivity index (χ1n) is 12.3. The Bertz CT molecular complexity index is 1550. The van der Waals surface area contributed by atoms with E-state index in [0.717, 1.165) is 6.42 Å². The van der Waals surface area contributed by atoms with E-state index in [1.807, 2.05) is 0 Å². The first-order valence-corrected chi connectivity index (χ1v) is 14.6. The Morgan fingerprint density at radius 2 is 1.41 bits per heavy atom. The molecule has 2 heteroatoms. The number of hydrogen-bond donors (Lipinski definition) is 0. The maximum absolute atomic E-state index is 2.50. The van der Waals surface area contributed by atoms with Crippen LogP contribution >= 0.6 is 0 Å². The predicted molar refractivity (Wildman–Crippen MR) is 149 cm³/mol. The predicted octanol–water partition coefficient (Wildman–Crippen LogP) is 7.89. The molecule has 0 radical (unpaired) electrons. The van der Waals surface area contributed by atoms with Gasteiger partial charge in [-0.3, -0.25) is 0 Å². The maximum atomic E-state index is 2.50. The van der Waals surface area contributed by atoms with Gasteiger partial charge < -0.3 is 0 Å². The van der Waals surface area contributed by atoms with Gasteiger partial charge in [0.15, 0.2) is 0 Å². The van der Waals surface area contributed by atoms with E-state index in [1.165, 1.54) is 43.9 Å².